The Morgan fingerprint density at radius 2 is 1.66 bits per heavy atom. The molecule has 0 aliphatic carbocycles. The van der Waals surface area contributed by atoms with Gasteiger partial charge in [0.1, 0.15) is 5.69 Å². The first-order valence-electron chi connectivity index (χ1n) is 9.24. The number of pyridine rings is 1. The lowest BCUT2D eigenvalue weighted by Crippen LogP contribution is -2.26. The Kier molecular flexibility index (Phi) is 9.53. The van der Waals surface area contributed by atoms with E-state index in [4.69, 9.17) is 0 Å². The molecule has 0 saturated heterocycles. The van der Waals surface area contributed by atoms with Crippen LogP contribution in [0.2, 0.25) is 0 Å². The van der Waals surface area contributed by atoms with Gasteiger partial charge in [-0.25, -0.2) is 18.1 Å². The first-order valence-corrected chi connectivity index (χ1v) is 11.8. The van der Waals surface area contributed by atoms with Crippen LogP contribution in [0.1, 0.15) is 24.8 Å². The maximum atomic E-state index is 12.1. The number of benzene rings is 1. The summed E-state index contributed by atoms with van der Waals surface area (Å²) in [5.41, 5.74) is 2.54. The monoisotopic (exact) mass is 452 g/mol. The lowest BCUT2D eigenvalue weighted by atomic mass is 10.2. The van der Waals surface area contributed by atoms with Crippen LogP contribution in [0.25, 0.3) is 11.4 Å². The fourth-order valence-electron chi connectivity index (χ4n) is 2.68. The van der Waals surface area contributed by atoms with Gasteiger partial charge in [-0.2, -0.15) is 0 Å². The van der Waals surface area contributed by atoms with Gasteiger partial charge in [-0.1, -0.05) is 42.8 Å². The van der Waals surface area contributed by atoms with Gasteiger partial charge in [-0.05, 0) is 30.5 Å². The molecule has 0 aliphatic heterocycles. The molecule has 0 saturated carbocycles. The molecular weight excluding hydrogens is 428 g/mol. The molecule has 2 N–H and O–H groups in total. The molecule has 29 heavy (non-hydrogen) atoms. The predicted octanol–water partition coefficient (Wildman–Crippen LogP) is 4.33. The second kappa shape index (κ2) is 11.9. The maximum Gasteiger partial charge on any atom is 0.215 e. The van der Waals surface area contributed by atoms with E-state index in [0.717, 1.165) is 47.9 Å². The number of halogens is 1. The highest BCUT2D eigenvalue weighted by atomic mass is 35.5. The number of sulfonamides is 1. The molecule has 2 aromatic heterocycles. The van der Waals surface area contributed by atoms with Gasteiger partial charge >= 0.3 is 0 Å². The van der Waals surface area contributed by atoms with Gasteiger partial charge in [0, 0.05) is 24.7 Å². The highest BCUT2D eigenvalue weighted by Crippen LogP contribution is 2.23. The molecule has 9 heteroatoms. The molecule has 0 amide bonds. The average Bonchev–Trinajstić information content (AvgIpc) is 3.17. The number of hydrogen-bond acceptors (Lipinski definition) is 6. The standard InChI is InChI=1S/C20H24N4O2S2.ClH/c25-28(26,16-17-9-3-1-4-10-17)23-14-7-2-6-13-22-20-24-19(15-27-20)18-11-5-8-12-21-18;/h1,3-5,8-12,15,23H,2,6-7,13-14,16H2,(H,22,24);1H. The molecule has 3 aromatic rings. The van der Waals surface area contributed by atoms with Crippen LogP contribution < -0.4 is 10.0 Å². The topological polar surface area (TPSA) is 84.0 Å². The summed E-state index contributed by atoms with van der Waals surface area (Å²) in [5, 5.41) is 6.19. The van der Waals surface area contributed by atoms with Crippen molar-refractivity contribution in [1.29, 1.82) is 0 Å². The minimum absolute atomic E-state index is 0. The number of anilines is 1. The molecule has 0 fully saturated rings. The number of hydrogen-bond donors (Lipinski definition) is 2. The first-order chi connectivity index (χ1) is 13.6. The van der Waals surface area contributed by atoms with Gasteiger partial charge in [0.2, 0.25) is 10.0 Å². The van der Waals surface area contributed by atoms with Crippen molar-refractivity contribution in [3.05, 3.63) is 65.7 Å². The van der Waals surface area contributed by atoms with Crippen molar-refractivity contribution in [3.8, 4) is 11.4 Å². The molecule has 2 heterocycles. The summed E-state index contributed by atoms with van der Waals surface area (Å²) in [7, 11) is -3.27. The number of rotatable bonds is 11. The van der Waals surface area contributed by atoms with E-state index >= 15 is 0 Å². The molecule has 0 atom stereocenters. The van der Waals surface area contributed by atoms with Gasteiger partial charge in [0.25, 0.3) is 0 Å². The van der Waals surface area contributed by atoms with Crippen molar-refractivity contribution in [2.24, 2.45) is 0 Å². The third kappa shape index (κ3) is 8.10. The van der Waals surface area contributed by atoms with Gasteiger partial charge in [0.05, 0.1) is 11.4 Å². The Bertz CT molecular complexity index is 951. The zero-order chi connectivity index (χ0) is 19.7. The Balaban J connectivity index is 0.00000300. The summed E-state index contributed by atoms with van der Waals surface area (Å²) in [6.07, 6.45) is 4.47. The van der Waals surface area contributed by atoms with Crippen LogP contribution in [-0.2, 0) is 15.8 Å². The maximum absolute atomic E-state index is 12.1. The molecule has 0 radical (unpaired) electrons. The van der Waals surface area contributed by atoms with E-state index in [-0.39, 0.29) is 18.2 Å². The highest BCUT2D eigenvalue weighted by Gasteiger charge is 2.10. The van der Waals surface area contributed by atoms with Crippen LogP contribution in [0.4, 0.5) is 5.13 Å². The molecule has 0 aliphatic rings. The van der Waals surface area contributed by atoms with Crippen LogP contribution in [0, 0.1) is 0 Å². The zero-order valence-electron chi connectivity index (χ0n) is 16.0. The lowest BCUT2D eigenvalue weighted by molar-refractivity contribution is 0.574. The van der Waals surface area contributed by atoms with E-state index in [0.29, 0.717) is 6.54 Å². The summed E-state index contributed by atoms with van der Waals surface area (Å²) in [6, 6.07) is 15.0. The minimum Gasteiger partial charge on any atom is -0.362 e. The fraction of sp³-hybridized carbons (Fsp3) is 0.300. The Hall–Kier alpha value is -2.00. The number of unbranched alkanes of at least 4 members (excludes halogenated alkanes) is 2. The third-order valence-electron chi connectivity index (χ3n) is 4.08. The predicted molar refractivity (Wildman–Crippen MR) is 122 cm³/mol. The summed E-state index contributed by atoms with van der Waals surface area (Å²) in [6.45, 7) is 1.28. The molecule has 3 rings (SSSR count). The van der Waals surface area contributed by atoms with E-state index in [1.807, 2.05) is 53.9 Å². The third-order valence-corrected chi connectivity index (χ3v) is 6.24. The van der Waals surface area contributed by atoms with Crippen molar-refractivity contribution >= 4 is 38.9 Å². The van der Waals surface area contributed by atoms with E-state index in [2.05, 4.69) is 20.0 Å². The van der Waals surface area contributed by atoms with Crippen molar-refractivity contribution in [3.63, 3.8) is 0 Å². The SMILES string of the molecule is Cl.O=S(=O)(Cc1ccccc1)NCCCCCNc1nc(-c2ccccn2)cs1. The zero-order valence-corrected chi connectivity index (χ0v) is 18.4. The van der Waals surface area contributed by atoms with Crippen LogP contribution >= 0.6 is 23.7 Å². The second-order valence-corrected chi connectivity index (χ2v) is 9.04. The summed E-state index contributed by atoms with van der Waals surface area (Å²) >= 11 is 1.56. The molecule has 0 unspecified atom stereocenters. The van der Waals surface area contributed by atoms with E-state index < -0.39 is 10.0 Å². The van der Waals surface area contributed by atoms with Crippen molar-refractivity contribution in [1.82, 2.24) is 14.7 Å². The van der Waals surface area contributed by atoms with Gasteiger partial charge in [-0.3, -0.25) is 4.98 Å². The fourth-order valence-corrected chi connectivity index (χ4v) is 4.60. The molecule has 6 nitrogen and oxygen atoms in total. The molecule has 1 aromatic carbocycles. The van der Waals surface area contributed by atoms with Crippen LogP contribution in [0.3, 0.4) is 0 Å². The van der Waals surface area contributed by atoms with Gasteiger partial charge in [-0.15, -0.1) is 23.7 Å². The Morgan fingerprint density at radius 1 is 0.897 bits per heavy atom. The van der Waals surface area contributed by atoms with Crippen molar-refractivity contribution < 1.29 is 8.42 Å². The summed E-state index contributed by atoms with van der Waals surface area (Å²) < 4.78 is 26.8. The Morgan fingerprint density at radius 3 is 2.41 bits per heavy atom. The number of thiazole rings is 1. The van der Waals surface area contributed by atoms with E-state index in [1.54, 1.807) is 17.5 Å². The first kappa shape index (κ1) is 23.3. The highest BCUT2D eigenvalue weighted by molar-refractivity contribution is 7.88. The van der Waals surface area contributed by atoms with Crippen molar-refractivity contribution in [2.75, 3.05) is 18.4 Å². The number of nitrogens with zero attached hydrogens (tertiary/aromatic N) is 2. The van der Waals surface area contributed by atoms with Crippen LogP contribution in [0.15, 0.2) is 60.1 Å². The van der Waals surface area contributed by atoms with Crippen LogP contribution in [0.5, 0.6) is 0 Å². The lowest BCUT2D eigenvalue weighted by Gasteiger charge is -2.07. The van der Waals surface area contributed by atoms with Gasteiger partial charge in [0.15, 0.2) is 5.13 Å². The minimum atomic E-state index is -3.27. The quantitative estimate of drug-likeness (QED) is 0.423. The Labute approximate surface area is 182 Å². The second-order valence-electron chi connectivity index (χ2n) is 6.38. The largest absolute Gasteiger partial charge is 0.362 e. The summed E-state index contributed by atoms with van der Waals surface area (Å²) in [4.78, 5) is 8.84. The smallest absolute Gasteiger partial charge is 0.215 e. The normalized spacial score (nSPS) is 11.0. The van der Waals surface area contributed by atoms with Crippen molar-refractivity contribution in [2.45, 2.75) is 25.0 Å². The molecule has 0 spiro atoms. The van der Waals surface area contributed by atoms with Gasteiger partial charge < -0.3 is 5.32 Å². The summed E-state index contributed by atoms with van der Waals surface area (Å²) in [5.74, 6) is 0.0258. The number of aromatic nitrogens is 2. The molecular formula is C20H25ClN4O2S2. The number of nitrogens with one attached hydrogen (secondary N) is 2. The average molecular weight is 453 g/mol. The van der Waals surface area contributed by atoms with Crippen LogP contribution in [-0.4, -0.2) is 31.5 Å². The molecule has 156 valence electrons. The molecule has 0 bridgehead atoms. The van der Waals surface area contributed by atoms with E-state index in [9.17, 15) is 8.42 Å². The van der Waals surface area contributed by atoms with E-state index in [1.165, 1.54) is 0 Å².